The van der Waals surface area contributed by atoms with Gasteiger partial charge in [-0.1, -0.05) is 12.1 Å². The van der Waals surface area contributed by atoms with E-state index in [0.29, 0.717) is 4.31 Å². The highest BCUT2D eigenvalue weighted by Gasteiger charge is 2.47. The van der Waals surface area contributed by atoms with Crippen LogP contribution in [0, 0.1) is 0 Å². The van der Waals surface area contributed by atoms with Gasteiger partial charge in [0.05, 0.1) is 35.0 Å². The molecular weight excluding hydrogens is 472 g/mol. The normalized spacial score (nSPS) is 15.1. The Morgan fingerprint density at radius 2 is 1.29 bits per heavy atom. The Morgan fingerprint density at radius 3 is 1.71 bits per heavy atom. The number of carbonyl (C=O) groups is 3. The number of nitrogens with zero attached hydrogens (tertiary/aromatic N) is 1. The number of amides is 2. The lowest BCUT2D eigenvalue weighted by Gasteiger charge is -2.36. The van der Waals surface area contributed by atoms with Gasteiger partial charge >= 0.3 is 16.3 Å². The fraction of sp³-hybridized carbons (Fsp3) is 0.286. The number of nitrogens with one attached hydrogen (secondary N) is 1. The van der Waals surface area contributed by atoms with Crippen LogP contribution in [0.25, 0.3) is 0 Å². The molecule has 1 aliphatic rings. The monoisotopic (exact) mass is 494 g/mol. The van der Waals surface area contributed by atoms with E-state index in [9.17, 15) is 22.8 Å². The maximum atomic E-state index is 12.7. The molecule has 0 spiro atoms. The first-order valence-corrected chi connectivity index (χ1v) is 11.1. The van der Waals surface area contributed by atoms with E-state index in [0.717, 1.165) is 0 Å². The molecule has 2 aromatic carbocycles. The van der Waals surface area contributed by atoms with Crippen LogP contribution in [0.15, 0.2) is 36.4 Å². The van der Waals surface area contributed by atoms with Crippen LogP contribution in [0.2, 0.25) is 0 Å². The fourth-order valence-corrected chi connectivity index (χ4v) is 4.29. The molecular formula is C21H22N2O10S. The third kappa shape index (κ3) is 4.55. The summed E-state index contributed by atoms with van der Waals surface area (Å²) in [4.78, 5) is 37.7. The van der Waals surface area contributed by atoms with Crippen LogP contribution in [-0.4, -0.2) is 71.5 Å². The molecule has 34 heavy (non-hydrogen) atoms. The Kier molecular flexibility index (Phi) is 7.15. The minimum Gasteiger partial charge on any atom is -0.496 e. The molecule has 2 aromatic rings. The van der Waals surface area contributed by atoms with Crippen LogP contribution >= 0.6 is 0 Å². The minimum absolute atomic E-state index is 0.0189. The maximum absolute atomic E-state index is 12.7. The topological polar surface area (TPSA) is 147 Å². The first-order valence-electron chi connectivity index (χ1n) is 9.71. The predicted octanol–water partition coefficient (Wildman–Crippen LogP) is 0.763. The lowest BCUT2D eigenvalue weighted by Crippen LogP contribution is -2.65. The van der Waals surface area contributed by atoms with E-state index in [1.54, 1.807) is 6.07 Å². The molecule has 13 heteroatoms. The van der Waals surface area contributed by atoms with E-state index in [2.05, 4.69) is 9.50 Å². The summed E-state index contributed by atoms with van der Waals surface area (Å²) in [5.74, 6) is -2.55. The Hall–Kier alpha value is -4.00. The molecule has 0 saturated carbocycles. The molecule has 0 bridgehead atoms. The number of β-lactam (4-membered cyclic amide) rings is 1. The number of methoxy groups -OCH3 is 4. The molecule has 3 rings (SSSR count). The molecule has 1 unspecified atom stereocenters. The van der Waals surface area contributed by atoms with Crippen LogP contribution in [0.1, 0.15) is 20.7 Å². The van der Waals surface area contributed by atoms with Gasteiger partial charge in [0.1, 0.15) is 40.2 Å². The Bertz CT molecular complexity index is 1180. The first-order chi connectivity index (χ1) is 16.2. The van der Waals surface area contributed by atoms with Crippen LogP contribution in [0.5, 0.6) is 23.0 Å². The zero-order chi connectivity index (χ0) is 25.0. The zero-order valence-corrected chi connectivity index (χ0v) is 19.5. The molecule has 1 aliphatic heterocycles. The van der Waals surface area contributed by atoms with Gasteiger partial charge in [-0.2, -0.15) is 8.42 Å². The lowest BCUT2D eigenvalue weighted by atomic mass is 10.1. The second kappa shape index (κ2) is 9.87. The highest BCUT2D eigenvalue weighted by molar-refractivity contribution is 7.85. The molecule has 12 nitrogen and oxygen atoms in total. The quantitative estimate of drug-likeness (QED) is 0.496. The summed E-state index contributed by atoms with van der Waals surface area (Å²) in [7, 11) is 0.476. The average Bonchev–Trinajstić information content (AvgIpc) is 2.83. The molecule has 1 atom stereocenters. The SMILES string of the molecule is COc1cccc(OC)c1C(=O)NC1CN(S(=O)(=O)OC(=O)c2c(OC)cccc2OC)C1=O. The van der Waals surface area contributed by atoms with E-state index in [4.69, 9.17) is 18.9 Å². The summed E-state index contributed by atoms with van der Waals surface area (Å²) in [6.45, 7) is -0.444. The molecule has 0 radical (unpaired) electrons. The van der Waals surface area contributed by atoms with E-state index < -0.39 is 40.7 Å². The van der Waals surface area contributed by atoms with Gasteiger partial charge < -0.3 is 28.4 Å². The molecule has 2 amide bonds. The van der Waals surface area contributed by atoms with Crippen LogP contribution in [0.4, 0.5) is 0 Å². The van der Waals surface area contributed by atoms with Crippen molar-refractivity contribution in [2.45, 2.75) is 6.04 Å². The smallest absolute Gasteiger partial charge is 0.415 e. The Morgan fingerprint density at radius 1 is 0.853 bits per heavy atom. The summed E-state index contributed by atoms with van der Waals surface area (Å²) >= 11 is 0. The fourth-order valence-electron chi connectivity index (χ4n) is 3.24. The third-order valence-corrected chi connectivity index (χ3v) is 6.17. The summed E-state index contributed by atoms with van der Waals surface area (Å²) in [6, 6.07) is 7.87. The average molecular weight is 494 g/mol. The van der Waals surface area contributed by atoms with Crippen molar-refractivity contribution in [2.24, 2.45) is 0 Å². The minimum atomic E-state index is -4.81. The van der Waals surface area contributed by atoms with Gasteiger partial charge in [-0.3, -0.25) is 9.59 Å². The number of hydrogen-bond donors (Lipinski definition) is 1. The van der Waals surface area contributed by atoms with Crippen LogP contribution in [0.3, 0.4) is 0 Å². The molecule has 0 aromatic heterocycles. The zero-order valence-electron chi connectivity index (χ0n) is 18.7. The summed E-state index contributed by atoms with van der Waals surface area (Å²) in [6.07, 6.45) is 0. The summed E-state index contributed by atoms with van der Waals surface area (Å²) < 4.78 is 50.5. The molecule has 1 N–H and O–H groups in total. The van der Waals surface area contributed by atoms with E-state index in [1.807, 2.05) is 0 Å². The van der Waals surface area contributed by atoms with Crippen LogP contribution in [-0.2, 0) is 19.3 Å². The number of ether oxygens (including phenoxy) is 4. The Balaban J connectivity index is 1.72. The Labute approximate surface area is 195 Å². The number of benzene rings is 2. The maximum Gasteiger partial charge on any atom is 0.415 e. The van der Waals surface area contributed by atoms with Crippen molar-refractivity contribution in [1.82, 2.24) is 9.62 Å². The summed E-state index contributed by atoms with van der Waals surface area (Å²) in [5, 5.41) is 2.42. The van der Waals surface area contributed by atoms with E-state index in [-0.39, 0.29) is 34.1 Å². The number of hydrogen-bond acceptors (Lipinski definition) is 10. The van der Waals surface area contributed by atoms with Gasteiger partial charge in [0, 0.05) is 0 Å². The van der Waals surface area contributed by atoms with Crippen molar-refractivity contribution in [2.75, 3.05) is 35.0 Å². The molecule has 182 valence electrons. The van der Waals surface area contributed by atoms with Crippen molar-refractivity contribution in [3.8, 4) is 23.0 Å². The van der Waals surface area contributed by atoms with Crippen molar-refractivity contribution in [3.05, 3.63) is 47.5 Å². The van der Waals surface area contributed by atoms with Crippen molar-refractivity contribution >= 4 is 28.1 Å². The second-order valence-corrected chi connectivity index (χ2v) is 8.26. The van der Waals surface area contributed by atoms with Gasteiger partial charge in [0.25, 0.3) is 11.8 Å². The van der Waals surface area contributed by atoms with Crippen LogP contribution < -0.4 is 24.3 Å². The number of rotatable bonds is 9. The lowest BCUT2D eigenvalue weighted by molar-refractivity contribution is -0.136. The van der Waals surface area contributed by atoms with Gasteiger partial charge in [-0.05, 0) is 24.3 Å². The third-order valence-electron chi connectivity index (χ3n) is 4.94. The second-order valence-electron chi connectivity index (χ2n) is 6.80. The molecule has 1 heterocycles. The van der Waals surface area contributed by atoms with Gasteiger partial charge in [-0.15, -0.1) is 0 Å². The van der Waals surface area contributed by atoms with Crippen molar-refractivity contribution in [3.63, 3.8) is 0 Å². The highest BCUT2D eigenvalue weighted by atomic mass is 32.2. The standard InChI is InChI=1S/C21H22N2O10S/c1-29-13-7-5-8-14(30-2)17(13)19(24)22-12-11-23(20(12)25)34(27,28)33-21(26)18-15(31-3)9-6-10-16(18)32-4/h5-10,12H,11H2,1-4H3,(H,22,24). The number of carbonyl (C=O) groups excluding carboxylic acids is 3. The van der Waals surface area contributed by atoms with Gasteiger partial charge in [-0.25, -0.2) is 9.10 Å². The molecule has 0 aliphatic carbocycles. The van der Waals surface area contributed by atoms with Crippen molar-refractivity contribution < 1.29 is 45.9 Å². The highest BCUT2D eigenvalue weighted by Crippen LogP contribution is 2.31. The molecule has 1 saturated heterocycles. The summed E-state index contributed by atoms with van der Waals surface area (Å²) in [5.41, 5.74) is -0.228. The van der Waals surface area contributed by atoms with E-state index >= 15 is 0 Å². The first kappa shape index (κ1) is 24.6. The predicted molar refractivity (Wildman–Crippen MR) is 116 cm³/mol. The van der Waals surface area contributed by atoms with Gasteiger partial charge in [0.15, 0.2) is 0 Å². The van der Waals surface area contributed by atoms with Crippen molar-refractivity contribution in [1.29, 1.82) is 0 Å². The molecule has 1 fully saturated rings. The van der Waals surface area contributed by atoms with Gasteiger partial charge in [0.2, 0.25) is 0 Å². The largest absolute Gasteiger partial charge is 0.496 e. The van der Waals surface area contributed by atoms with E-state index in [1.165, 1.54) is 58.8 Å².